The Morgan fingerprint density at radius 2 is 2.08 bits per heavy atom. The van der Waals surface area contributed by atoms with Gasteiger partial charge in [-0.1, -0.05) is 0 Å². The molecule has 0 amide bonds. The van der Waals surface area contributed by atoms with Crippen LogP contribution in [0.4, 0.5) is 0 Å². The number of nitrogens with zero attached hydrogens (tertiary/aromatic N) is 3. The van der Waals surface area contributed by atoms with Crippen LogP contribution in [0.5, 0.6) is 0 Å². The maximum absolute atomic E-state index is 5.21. The highest BCUT2D eigenvalue weighted by Gasteiger charge is 2.28. The summed E-state index contributed by atoms with van der Waals surface area (Å²) in [4.78, 5) is 13.0. The summed E-state index contributed by atoms with van der Waals surface area (Å²) in [6.45, 7) is 11.5. The molecule has 1 aliphatic rings. The molecular weight excluding hydrogens is 449 g/mol. The first-order chi connectivity index (χ1) is 11.6. The molecule has 1 heterocycles. The number of aryl methyl sites for hydroxylation is 2. The van der Waals surface area contributed by atoms with Gasteiger partial charge in [-0.25, -0.2) is 9.98 Å². The summed E-state index contributed by atoms with van der Waals surface area (Å²) in [6, 6.07) is 0.753. The average Bonchev–Trinajstić information content (AvgIpc) is 3.35. The van der Waals surface area contributed by atoms with E-state index in [1.54, 1.807) is 18.4 Å². The highest BCUT2D eigenvalue weighted by molar-refractivity contribution is 14.0. The highest BCUT2D eigenvalue weighted by Crippen LogP contribution is 2.25. The molecule has 0 unspecified atom stereocenters. The summed E-state index contributed by atoms with van der Waals surface area (Å²) in [6.07, 6.45) is 2.64. The molecule has 0 spiro atoms. The topological polar surface area (TPSA) is 61.8 Å². The number of nitrogens with one attached hydrogen (secondary N) is 2. The molecule has 0 atom stereocenters. The fourth-order valence-electron chi connectivity index (χ4n) is 2.54. The van der Waals surface area contributed by atoms with Gasteiger partial charge in [0, 0.05) is 44.2 Å². The second-order valence-corrected chi connectivity index (χ2v) is 7.42. The molecule has 0 saturated heterocycles. The van der Waals surface area contributed by atoms with Crippen LogP contribution in [0.15, 0.2) is 4.99 Å². The van der Waals surface area contributed by atoms with Crippen LogP contribution < -0.4 is 10.6 Å². The van der Waals surface area contributed by atoms with E-state index in [0.29, 0.717) is 6.54 Å². The number of hydrogen-bond acceptors (Lipinski definition) is 5. The number of aliphatic imine (C=N–C) groups is 1. The van der Waals surface area contributed by atoms with Crippen LogP contribution in [-0.4, -0.2) is 61.8 Å². The molecule has 25 heavy (non-hydrogen) atoms. The van der Waals surface area contributed by atoms with Gasteiger partial charge in [-0.3, -0.25) is 4.90 Å². The molecule has 0 aromatic carbocycles. The van der Waals surface area contributed by atoms with E-state index < -0.39 is 0 Å². The van der Waals surface area contributed by atoms with Crippen molar-refractivity contribution in [3.05, 3.63) is 15.6 Å². The lowest BCUT2D eigenvalue weighted by Gasteiger charge is -2.22. The van der Waals surface area contributed by atoms with Crippen molar-refractivity contribution in [2.24, 2.45) is 4.99 Å². The predicted octanol–water partition coefficient (Wildman–Crippen LogP) is 2.54. The van der Waals surface area contributed by atoms with E-state index in [1.165, 1.54) is 17.7 Å². The zero-order valence-corrected chi connectivity index (χ0v) is 18.9. The molecule has 0 radical (unpaired) electrons. The molecule has 144 valence electrons. The number of ether oxygens (including phenoxy) is 1. The SMILES string of the molecule is CCNC(=NCc1nc(C)c(C)s1)NCCN(CCOC)C1CC1.I. The van der Waals surface area contributed by atoms with Crippen molar-refractivity contribution in [1.82, 2.24) is 20.5 Å². The Labute approximate surface area is 172 Å². The first kappa shape index (κ1) is 22.6. The second-order valence-electron chi connectivity index (χ2n) is 6.13. The number of guanidine groups is 1. The lowest BCUT2D eigenvalue weighted by molar-refractivity contribution is 0.144. The van der Waals surface area contributed by atoms with Crippen LogP contribution in [-0.2, 0) is 11.3 Å². The molecule has 1 aromatic rings. The molecule has 2 rings (SSSR count). The Kier molecular flexibility index (Phi) is 10.9. The van der Waals surface area contributed by atoms with Crippen LogP contribution >= 0.6 is 35.3 Å². The van der Waals surface area contributed by atoms with Crippen LogP contribution in [0.3, 0.4) is 0 Å². The van der Waals surface area contributed by atoms with Crippen molar-refractivity contribution in [1.29, 1.82) is 0 Å². The standard InChI is InChI=1S/C17H31N5OS.HI/c1-5-18-17(20-12-16-21-13(2)14(3)24-16)19-8-9-22(10-11-23-4)15-6-7-15;/h15H,5-12H2,1-4H3,(H2,18,19,20);1H. The van der Waals surface area contributed by atoms with Crippen molar-refractivity contribution in [3.63, 3.8) is 0 Å². The third kappa shape index (κ3) is 8.19. The van der Waals surface area contributed by atoms with E-state index in [0.717, 1.165) is 55.5 Å². The van der Waals surface area contributed by atoms with E-state index in [1.807, 2.05) is 0 Å². The summed E-state index contributed by atoms with van der Waals surface area (Å²) in [5.41, 5.74) is 1.11. The minimum absolute atomic E-state index is 0. The molecule has 1 aromatic heterocycles. The maximum Gasteiger partial charge on any atom is 0.191 e. The number of thiazole rings is 1. The van der Waals surface area contributed by atoms with Gasteiger partial charge in [0.1, 0.15) is 5.01 Å². The quantitative estimate of drug-likeness (QED) is 0.306. The zero-order chi connectivity index (χ0) is 17.4. The molecule has 0 bridgehead atoms. The Hall–Kier alpha value is -0.450. The fourth-order valence-corrected chi connectivity index (χ4v) is 3.40. The lowest BCUT2D eigenvalue weighted by Crippen LogP contribution is -2.42. The number of halogens is 1. The lowest BCUT2D eigenvalue weighted by atomic mass is 10.4. The minimum Gasteiger partial charge on any atom is -0.383 e. The van der Waals surface area contributed by atoms with Gasteiger partial charge in [-0.15, -0.1) is 35.3 Å². The van der Waals surface area contributed by atoms with E-state index in [-0.39, 0.29) is 24.0 Å². The van der Waals surface area contributed by atoms with Crippen LogP contribution in [0.1, 0.15) is 35.3 Å². The maximum atomic E-state index is 5.21. The van der Waals surface area contributed by atoms with Gasteiger partial charge in [-0.2, -0.15) is 0 Å². The normalized spacial score (nSPS) is 14.5. The first-order valence-corrected chi connectivity index (χ1v) is 9.63. The van der Waals surface area contributed by atoms with Crippen LogP contribution in [0.2, 0.25) is 0 Å². The van der Waals surface area contributed by atoms with Crippen LogP contribution in [0, 0.1) is 13.8 Å². The van der Waals surface area contributed by atoms with E-state index in [9.17, 15) is 0 Å². The number of rotatable bonds is 10. The van der Waals surface area contributed by atoms with Crippen molar-refractivity contribution in [2.75, 3.05) is 39.9 Å². The van der Waals surface area contributed by atoms with E-state index in [4.69, 9.17) is 4.74 Å². The van der Waals surface area contributed by atoms with Gasteiger partial charge in [0.15, 0.2) is 5.96 Å². The first-order valence-electron chi connectivity index (χ1n) is 8.82. The number of aromatic nitrogens is 1. The molecule has 0 aliphatic heterocycles. The zero-order valence-electron chi connectivity index (χ0n) is 15.8. The average molecular weight is 481 g/mol. The van der Waals surface area contributed by atoms with Crippen molar-refractivity contribution < 1.29 is 4.74 Å². The second kappa shape index (κ2) is 12.0. The van der Waals surface area contributed by atoms with Gasteiger partial charge in [-0.05, 0) is 33.6 Å². The monoisotopic (exact) mass is 481 g/mol. The number of methoxy groups -OCH3 is 1. The Bertz CT molecular complexity index is 514. The minimum atomic E-state index is 0. The van der Waals surface area contributed by atoms with Gasteiger partial charge < -0.3 is 15.4 Å². The van der Waals surface area contributed by atoms with Gasteiger partial charge in [0.2, 0.25) is 0 Å². The molecule has 1 fully saturated rings. The summed E-state index contributed by atoms with van der Waals surface area (Å²) < 4.78 is 5.21. The van der Waals surface area contributed by atoms with Crippen LogP contribution in [0.25, 0.3) is 0 Å². The summed E-state index contributed by atoms with van der Waals surface area (Å²) in [5, 5.41) is 7.81. The third-order valence-corrected chi connectivity index (χ3v) is 5.18. The smallest absolute Gasteiger partial charge is 0.191 e. The van der Waals surface area contributed by atoms with Crippen molar-refractivity contribution >= 4 is 41.3 Å². The molecule has 8 heteroatoms. The van der Waals surface area contributed by atoms with E-state index >= 15 is 0 Å². The van der Waals surface area contributed by atoms with Crippen molar-refractivity contribution in [2.45, 2.75) is 46.2 Å². The summed E-state index contributed by atoms with van der Waals surface area (Å²) in [5.74, 6) is 0.866. The highest BCUT2D eigenvalue weighted by atomic mass is 127. The Morgan fingerprint density at radius 1 is 1.32 bits per heavy atom. The largest absolute Gasteiger partial charge is 0.383 e. The summed E-state index contributed by atoms with van der Waals surface area (Å²) >= 11 is 1.73. The Balaban J connectivity index is 0.00000312. The number of hydrogen-bond donors (Lipinski definition) is 2. The van der Waals surface area contributed by atoms with Gasteiger partial charge in [0.05, 0.1) is 18.8 Å². The van der Waals surface area contributed by atoms with E-state index in [2.05, 4.69) is 46.3 Å². The molecular formula is C17H32IN5OS. The summed E-state index contributed by atoms with van der Waals surface area (Å²) in [7, 11) is 1.77. The fraction of sp³-hybridized carbons (Fsp3) is 0.765. The predicted molar refractivity (Wildman–Crippen MR) is 116 cm³/mol. The molecule has 2 N–H and O–H groups in total. The third-order valence-electron chi connectivity index (χ3n) is 4.13. The molecule has 1 aliphatic carbocycles. The van der Waals surface area contributed by atoms with Gasteiger partial charge >= 0.3 is 0 Å². The van der Waals surface area contributed by atoms with Crippen molar-refractivity contribution in [3.8, 4) is 0 Å². The molecule has 1 saturated carbocycles. The Morgan fingerprint density at radius 3 is 2.64 bits per heavy atom. The molecule has 6 nitrogen and oxygen atoms in total. The van der Waals surface area contributed by atoms with Gasteiger partial charge in [0.25, 0.3) is 0 Å².